The second kappa shape index (κ2) is 6.82. The number of carbonyl (C=O) groups is 3. The lowest BCUT2D eigenvalue weighted by Gasteiger charge is -2.32. The Morgan fingerprint density at radius 2 is 1.96 bits per heavy atom. The van der Waals surface area contributed by atoms with Crippen molar-refractivity contribution in [2.24, 2.45) is 0 Å². The monoisotopic (exact) mass is 360 g/mol. The normalized spacial score (nSPS) is 16.0. The number of ether oxygens (including phenoxy) is 1. The van der Waals surface area contributed by atoms with Crippen LogP contribution in [0, 0.1) is 0 Å². The summed E-state index contributed by atoms with van der Waals surface area (Å²) in [5.74, 6) is -2.49. The van der Waals surface area contributed by atoms with Gasteiger partial charge in [-0.2, -0.15) is 0 Å². The van der Waals surface area contributed by atoms with Crippen LogP contribution in [0.4, 0.5) is 11.4 Å². The predicted octanol–water partition coefficient (Wildman–Crippen LogP) is 2.16. The largest absolute Gasteiger partial charge is 0.478 e. The predicted molar refractivity (Wildman–Crippen MR) is 90.9 cm³/mol. The minimum Gasteiger partial charge on any atom is -0.478 e. The fraction of sp³-hybridized carbons (Fsp3) is 0.118. The number of aliphatic carboxylic acids is 1. The Bertz CT molecular complexity index is 854. The highest BCUT2D eigenvalue weighted by Gasteiger charge is 2.39. The molecule has 7 nitrogen and oxygen atoms in total. The van der Waals surface area contributed by atoms with Crippen LogP contribution in [0.1, 0.15) is 0 Å². The highest BCUT2D eigenvalue weighted by atomic mass is 35.5. The van der Waals surface area contributed by atoms with Crippen molar-refractivity contribution in [3.63, 3.8) is 0 Å². The van der Waals surface area contributed by atoms with Crippen LogP contribution < -0.4 is 15.0 Å². The standard InChI is InChI=1S/C17H13ClN2O5/c18-10-4-3-5-11(8-10)19-14(21)9-20-12-6-1-2-7-13(12)25-15(16(20)22)17(23)24/h1-8,15H,9H2,(H,19,21)(H,23,24). The Morgan fingerprint density at radius 1 is 1.20 bits per heavy atom. The zero-order valence-corrected chi connectivity index (χ0v) is 13.6. The molecule has 1 heterocycles. The van der Waals surface area contributed by atoms with E-state index in [1.54, 1.807) is 48.5 Å². The smallest absolute Gasteiger partial charge is 0.354 e. The topological polar surface area (TPSA) is 95.9 Å². The Hall–Kier alpha value is -3.06. The molecule has 0 aliphatic carbocycles. The fourth-order valence-electron chi connectivity index (χ4n) is 2.45. The van der Waals surface area contributed by atoms with Gasteiger partial charge >= 0.3 is 5.97 Å². The average molecular weight is 361 g/mol. The van der Waals surface area contributed by atoms with E-state index in [2.05, 4.69) is 5.32 Å². The van der Waals surface area contributed by atoms with Crippen molar-refractivity contribution in [1.29, 1.82) is 0 Å². The molecule has 1 unspecified atom stereocenters. The highest BCUT2D eigenvalue weighted by Crippen LogP contribution is 2.33. The molecule has 0 saturated carbocycles. The molecule has 0 fully saturated rings. The van der Waals surface area contributed by atoms with E-state index in [1.807, 2.05) is 0 Å². The number of carboxylic acids is 1. The summed E-state index contributed by atoms with van der Waals surface area (Å²) in [6.45, 7) is -0.352. The number of carbonyl (C=O) groups excluding carboxylic acids is 2. The fourth-order valence-corrected chi connectivity index (χ4v) is 2.64. The molecule has 1 aliphatic heterocycles. The lowest BCUT2D eigenvalue weighted by molar-refractivity contribution is -0.151. The molecule has 128 valence electrons. The first-order valence-electron chi connectivity index (χ1n) is 7.31. The van der Waals surface area contributed by atoms with Gasteiger partial charge < -0.3 is 15.2 Å². The number of para-hydroxylation sites is 2. The number of benzene rings is 2. The number of rotatable bonds is 4. The maximum Gasteiger partial charge on any atom is 0.354 e. The summed E-state index contributed by atoms with van der Waals surface area (Å²) < 4.78 is 5.21. The van der Waals surface area contributed by atoms with E-state index >= 15 is 0 Å². The Morgan fingerprint density at radius 3 is 2.68 bits per heavy atom. The zero-order valence-electron chi connectivity index (χ0n) is 12.8. The van der Waals surface area contributed by atoms with Crippen LogP contribution in [0.5, 0.6) is 5.75 Å². The molecule has 1 aliphatic rings. The van der Waals surface area contributed by atoms with Crippen molar-refractivity contribution in [2.45, 2.75) is 6.10 Å². The van der Waals surface area contributed by atoms with Crippen molar-refractivity contribution in [3.05, 3.63) is 53.6 Å². The van der Waals surface area contributed by atoms with Crippen molar-refractivity contribution in [2.75, 3.05) is 16.8 Å². The van der Waals surface area contributed by atoms with Crippen LogP contribution in [-0.4, -0.2) is 35.5 Å². The molecule has 2 N–H and O–H groups in total. The molecule has 3 rings (SSSR count). The van der Waals surface area contributed by atoms with E-state index in [0.29, 0.717) is 16.4 Å². The molecular formula is C17H13ClN2O5. The summed E-state index contributed by atoms with van der Waals surface area (Å²) in [5.41, 5.74) is 0.813. The minimum atomic E-state index is -1.69. The quantitative estimate of drug-likeness (QED) is 0.814. The molecule has 0 spiro atoms. The van der Waals surface area contributed by atoms with Gasteiger partial charge in [0, 0.05) is 10.7 Å². The first kappa shape index (κ1) is 16.8. The lowest BCUT2D eigenvalue weighted by atomic mass is 10.1. The molecule has 2 amide bonds. The first-order valence-corrected chi connectivity index (χ1v) is 7.69. The minimum absolute atomic E-state index is 0.227. The number of fused-ring (bicyclic) bond motifs is 1. The summed E-state index contributed by atoms with van der Waals surface area (Å²) in [5, 5.41) is 12.2. The molecule has 1 atom stereocenters. The zero-order chi connectivity index (χ0) is 18.0. The van der Waals surface area contributed by atoms with Gasteiger partial charge in [-0.1, -0.05) is 29.8 Å². The van der Waals surface area contributed by atoms with Gasteiger partial charge in [-0.25, -0.2) is 4.79 Å². The summed E-state index contributed by atoms with van der Waals surface area (Å²) in [7, 11) is 0. The van der Waals surface area contributed by atoms with Crippen LogP contribution >= 0.6 is 11.6 Å². The number of nitrogens with zero attached hydrogens (tertiary/aromatic N) is 1. The number of amides is 2. The van der Waals surface area contributed by atoms with E-state index in [9.17, 15) is 14.4 Å². The number of hydrogen-bond donors (Lipinski definition) is 2. The maximum atomic E-state index is 12.4. The average Bonchev–Trinajstić information content (AvgIpc) is 2.57. The van der Waals surface area contributed by atoms with Gasteiger partial charge in [-0.05, 0) is 30.3 Å². The first-order chi connectivity index (χ1) is 12.0. The third-order valence-corrected chi connectivity index (χ3v) is 3.76. The van der Waals surface area contributed by atoms with Crippen LogP contribution in [0.3, 0.4) is 0 Å². The third-order valence-electron chi connectivity index (χ3n) is 3.53. The SMILES string of the molecule is O=C(CN1C(=O)C(C(=O)O)Oc2ccccc21)Nc1cccc(Cl)c1. The summed E-state index contributed by atoms with van der Waals surface area (Å²) in [6.07, 6.45) is -1.69. The number of nitrogens with one attached hydrogen (secondary N) is 1. The maximum absolute atomic E-state index is 12.4. The van der Waals surface area contributed by atoms with Crippen molar-refractivity contribution in [1.82, 2.24) is 0 Å². The van der Waals surface area contributed by atoms with Crippen molar-refractivity contribution in [3.8, 4) is 5.75 Å². The van der Waals surface area contributed by atoms with E-state index in [0.717, 1.165) is 4.90 Å². The molecule has 25 heavy (non-hydrogen) atoms. The Kier molecular flexibility index (Phi) is 4.58. The van der Waals surface area contributed by atoms with E-state index in [-0.39, 0.29) is 12.3 Å². The number of halogens is 1. The summed E-state index contributed by atoms with van der Waals surface area (Å²) >= 11 is 5.87. The van der Waals surface area contributed by atoms with E-state index < -0.39 is 23.9 Å². The number of hydrogen-bond acceptors (Lipinski definition) is 4. The van der Waals surface area contributed by atoms with Gasteiger partial charge in [0.1, 0.15) is 12.3 Å². The van der Waals surface area contributed by atoms with Crippen LogP contribution in [-0.2, 0) is 14.4 Å². The molecule has 2 aromatic carbocycles. The van der Waals surface area contributed by atoms with Crippen LogP contribution in [0.25, 0.3) is 0 Å². The Labute approximate surface area is 147 Å². The number of carboxylic acid groups (broad SMARTS) is 1. The molecule has 8 heteroatoms. The van der Waals surface area contributed by atoms with Gasteiger partial charge in [0.2, 0.25) is 5.91 Å². The third kappa shape index (κ3) is 3.56. The molecular weight excluding hydrogens is 348 g/mol. The molecule has 0 aromatic heterocycles. The van der Waals surface area contributed by atoms with E-state index in [1.165, 1.54) is 0 Å². The molecule has 0 bridgehead atoms. The van der Waals surface area contributed by atoms with Gasteiger partial charge in [0.15, 0.2) is 0 Å². The van der Waals surface area contributed by atoms with Gasteiger partial charge in [0.05, 0.1) is 5.69 Å². The molecule has 0 saturated heterocycles. The van der Waals surface area contributed by atoms with Crippen LogP contribution in [0.15, 0.2) is 48.5 Å². The van der Waals surface area contributed by atoms with Crippen molar-refractivity contribution < 1.29 is 24.2 Å². The summed E-state index contributed by atoms with van der Waals surface area (Å²) in [4.78, 5) is 37.0. The molecule has 2 aromatic rings. The second-order valence-electron chi connectivity index (χ2n) is 5.29. The van der Waals surface area contributed by atoms with Gasteiger partial charge in [-0.3, -0.25) is 14.5 Å². The van der Waals surface area contributed by atoms with E-state index in [4.69, 9.17) is 21.4 Å². The van der Waals surface area contributed by atoms with Crippen molar-refractivity contribution >= 4 is 40.8 Å². The molecule has 0 radical (unpaired) electrons. The second-order valence-corrected chi connectivity index (χ2v) is 5.72. The van der Waals surface area contributed by atoms with Gasteiger partial charge in [0.25, 0.3) is 12.0 Å². The Balaban J connectivity index is 1.83. The highest BCUT2D eigenvalue weighted by molar-refractivity contribution is 6.30. The van der Waals surface area contributed by atoms with Gasteiger partial charge in [-0.15, -0.1) is 0 Å². The number of anilines is 2. The van der Waals surface area contributed by atoms with Crippen LogP contribution in [0.2, 0.25) is 5.02 Å². The lowest BCUT2D eigenvalue weighted by Crippen LogP contribution is -2.52. The summed E-state index contributed by atoms with van der Waals surface area (Å²) in [6, 6.07) is 13.0.